The van der Waals surface area contributed by atoms with E-state index in [0.717, 1.165) is 5.52 Å². The molecule has 0 fully saturated rings. The van der Waals surface area contributed by atoms with Crippen molar-refractivity contribution in [1.29, 1.82) is 0 Å². The Labute approximate surface area is 67.7 Å². The van der Waals surface area contributed by atoms with Gasteiger partial charge in [-0.2, -0.15) is 0 Å². The number of anilines is 1. The molecule has 0 aromatic carbocycles. The van der Waals surface area contributed by atoms with E-state index in [0.29, 0.717) is 5.52 Å². The van der Waals surface area contributed by atoms with Crippen molar-refractivity contribution >= 4 is 28.8 Å². The molecule has 0 saturated heterocycles. The highest BCUT2D eigenvalue weighted by Gasteiger charge is 2.03. The topological polar surface area (TPSA) is 56.7 Å². The monoisotopic (exact) mass is 168 g/mol. The van der Waals surface area contributed by atoms with E-state index in [1.54, 1.807) is 18.5 Å². The first-order chi connectivity index (χ1) is 5.29. The van der Waals surface area contributed by atoms with Crippen molar-refractivity contribution in [3.05, 3.63) is 18.5 Å². The maximum Gasteiger partial charge on any atom is 0.216 e. The Kier molecular flexibility index (Phi) is 1.22. The molecular formula is C6H5ClN4. The Morgan fingerprint density at radius 3 is 3.09 bits per heavy atom. The van der Waals surface area contributed by atoms with E-state index >= 15 is 0 Å². The van der Waals surface area contributed by atoms with Crippen LogP contribution in [0.15, 0.2) is 18.5 Å². The summed E-state index contributed by atoms with van der Waals surface area (Å²) in [5.41, 5.74) is 6.93. The summed E-state index contributed by atoms with van der Waals surface area (Å²) < 4.78 is 1.30. The molecular weight excluding hydrogens is 164 g/mol. The zero-order chi connectivity index (χ0) is 7.84. The van der Waals surface area contributed by atoms with Crippen LogP contribution < -0.4 is 5.73 Å². The van der Waals surface area contributed by atoms with E-state index in [4.69, 9.17) is 17.5 Å². The molecule has 2 aromatic rings. The third kappa shape index (κ3) is 0.832. The Bertz CT molecular complexity index is 394. The molecule has 5 heteroatoms. The van der Waals surface area contributed by atoms with Gasteiger partial charge in [-0.25, -0.2) is 9.07 Å². The lowest BCUT2D eigenvalue weighted by Gasteiger charge is -1.89. The molecule has 0 bridgehead atoms. The normalized spacial score (nSPS) is 10.6. The highest BCUT2D eigenvalue weighted by Crippen LogP contribution is 2.16. The van der Waals surface area contributed by atoms with E-state index in [2.05, 4.69) is 9.97 Å². The summed E-state index contributed by atoms with van der Waals surface area (Å²) in [4.78, 5) is 7.84. The molecule has 0 spiro atoms. The van der Waals surface area contributed by atoms with Crippen LogP contribution in [0.3, 0.4) is 0 Å². The lowest BCUT2D eigenvalue weighted by molar-refractivity contribution is 1.26. The van der Waals surface area contributed by atoms with Gasteiger partial charge in [-0.1, -0.05) is 0 Å². The Morgan fingerprint density at radius 2 is 2.36 bits per heavy atom. The number of fused-ring (bicyclic) bond motifs is 1. The fraction of sp³-hybridized carbons (Fsp3) is 0. The minimum absolute atomic E-state index is 0.287. The van der Waals surface area contributed by atoms with Gasteiger partial charge < -0.3 is 5.73 Å². The van der Waals surface area contributed by atoms with Crippen LogP contribution in [-0.2, 0) is 0 Å². The number of imidazole rings is 1. The third-order valence-corrected chi connectivity index (χ3v) is 1.78. The summed E-state index contributed by atoms with van der Waals surface area (Å²) in [6, 6.07) is 1.76. The molecule has 0 radical (unpaired) electrons. The number of nitrogens with two attached hydrogens (primary N) is 1. The average Bonchev–Trinajstić information content (AvgIpc) is 2.30. The van der Waals surface area contributed by atoms with Crippen molar-refractivity contribution in [2.24, 2.45) is 0 Å². The summed E-state index contributed by atoms with van der Waals surface area (Å²) >= 11 is 5.74. The van der Waals surface area contributed by atoms with Crippen molar-refractivity contribution in [3.8, 4) is 0 Å². The van der Waals surface area contributed by atoms with Crippen LogP contribution in [0, 0.1) is 0 Å². The van der Waals surface area contributed by atoms with Crippen molar-refractivity contribution in [3.63, 3.8) is 0 Å². The minimum atomic E-state index is 0.287. The second-order valence-corrected chi connectivity index (χ2v) is 2.45. The van der Waals surface area contributed by atoms with Crippen molar-refractivity contribution < 1.29 is 0 Å². The molecule has 0 atom stereocenters. The quantitative estimate of drug-likeness (QED) is 0.639. The Morgan fingerprint density at radius 1 is 1.55 bits per heavy atom. The smallest absolute Gasteiger partial charge is 0.216 e. The molecule has 0 unspecified atom stereocenters. The van der Waals surface area contributed by atoms with E-state index in [1.807, 2.05) is 0 Å². The number of halogens is 1. The summed E-state index contributed by atoms with van der Waals surface area (Å²) in [6.07, 6.45) is 3.26. The maximum atomic E-state index is 5.74. The third-order valence-electron chi connectivity index (χ3n) is 1.43. The van der Waals surface area contributed by atoms with E-state index in [1.165, 1.54) is 4.09 Å². The molecule has 2 aromatic heterocycles. The van der Waals surface area contributed by atoms with Gasteiger partial charge in [0.2, 0.25) is 5.95 Å². The molecule has 56 valence electrons. The zero-order valence-electron chi connectivity index (χ0n) is 5.53. The van der Waals surface area contributed by atoms with Gasteiger partial charge >= 0.3 is 0 Å². The second kappa shape index (κ2) is 2.10. The molecule has 11 heavy (non-hydrogen) atoms. The van der Waals surface area contributed by atoms with Crippen LogP contribution in [0.1, 0.15) is 0 Å². The van der Waals surface area contributed by atoms with Crippen LogP contribution in [0.4, 0.5) is 5.95 Å². The first kappa shape index (κ1) is 6.42. The van der Waals surface area contributed by atoms with Gasteiger partial charge in [0.25, 0.3) is 0 Å². The number of aromatic nitrogens is 3. The molecule has 0 amide bonds. The van der Waals surface area contributed by atoms with Gasteiger partial charge in [-0.05, 0) is 6.07 Å². The summed E-state index contributed by atoms with van der Waals surface area (Å²) in [7, 11) is 0. The lowest BCUT2D eigenvalue weighted by atomic mass is 10.4. The van der Waals surface area contributed by atoms with E-state index in [9.17, 15) is 0 Å². The van der Waals surface area contributed by atoms with Gasteiger partial charge in [0.1, 0.15) is 5.52 Å². The largest absolute Gasteiger partial charge is 0.368 e. The lowest BCUT2D eigenvalue weighted by Crippen LogP contribution is -1.91. The molecule has 0 saturated carbocycles. The predicted octanol–water partition coefficient (Wildman–Crippen LogP) is 1.02. The van der Waals surface area contributed by atoms with Gasteiger partial charge in [-0.3, -0.25) is 4.98 Å². The predicted molar refractivity (Wildman–Crippen MR) is 43.2 cm³/mol. The summed E-state index contributed by atoms with van der Waals surface area (Å²) in [5.74, 6) is 0.287. The fourth-order valence-electron chi connectivity index (χ4n) is 0.922. The number of nitrogen functional groups attached to an aromatic ring is 1. The second-order valence-electron chi connectivity index (χ2n) is 2.12. The Hall–Kier alpha value is -1.29. The number of rotatable bonds is 0. The van der Waals surface area contributed by atoms with Crippen LogP contribution in [-0.4, -0.2) is 14.1 Å². The molecule has 0 aliphatic rings. The summed E-state index contributed by atoms with van der Waals surface area (Å²) in [5, 5.41) is 0. The molecule has 2 rings (SSSR count). The summed E-state index contributed by atoms with van der Waals surface area (Å²) in [6.45, 7) is 0. The van der Waals surface area contributed by atoms with Crippen LogP contribution in [0.2, 0.25) is 0 Å². The molecule has 0 aliphatic carbocycles. The maximum absolute atomic E-state index is 5.74. The van der Waals surface area contributed by atoms with Crippen molar-refractivity contribution in [2.75, 3.05) is 5.73 Å². The van der Waals surface area contributed by atoms with Crippen LogP contribution >= 0.6 is 11.8 Å². The van der Waals surface area contributed by atoms with Gasteiger partial charge in [-0.15, -0.1) is 0 Å². The molecule has 2 heterocycles. The molecule has 0 aliphatic heterocycles. The van der Waals surface area contributed by atoms with Gasteiger partial charge in [0, 0.05) is 18.0 Å². The Balaban J connectivity index is 2.92. The standard InChI is InChI=1S/C6H5ClN4/c7-11-5-1-2-9-3-4(5)10-6(11)8/h1-3H,(H2,8,10). The van der Waals surface area contributed by atoms with Gasteiger partial charge in [0.05, 0.1) is 11.7 Å². The van der Waals surface area contributed by atoms with E-state index in [-0.39, 0.29) is 5.95 Å². The highest BCUT2D eigenvalue weighted by molar-refractivity contribution is 6.20. The molecule has 4 nitrogen and oxygen atoms in total. The van der Waals surface area contributed by atoms with E-state index < -0.39 is 0 Å². The fourth-order valence-corrected chi connectivity index (χ4v) is 1.10. The SMILES string of the molecule is Nc1nc2cnccc2n1Cl. The number of hydrogen-bond acceptors (Lipinski definition) is 3. The first-order valence-corrected chi connectivity index (χ1v) is 3.37. The molecule has 2 N–H and O–H groups in total. The van der Waals surface area contributed by atoms with Crippen molar-refractivity contribution in [1.82, 2.24) is 14.1 Å². The van der Waals surface area contributed by atoms with Crippen LogP contribution in [0.5, 0.6) is 0 Å². The first-order valence-electron chi connectivity index (χ1n) is 3.03. The average molecular weight is 169 g/mol. The number of nitrogens with zero attached hydrogens (tertiary/aromatic N) is 3. The number of hydrogen-bond donors (Lipinski definition) is 1. The van der Waals surface area contributed by atoms with Crippen LogP contribution in [0.25, 0.3) is 11.0 Å². The zero-order valence-corrected chi connectivity index (χ0v) is 6.28. The number of pyridine rings is 1. The minimum Gasteiger partial charge on any atom is -0.368 e. The van der Waals surface area contributed by atoms with Crippen molar-refractivity contribution in [2.45, 2.75) is 0 Å². The van der Waals surface area contributed by atoms with Gasteiger partial charge in [0.15, 0.2) is 0 Å². The highest BCUT2D eigenvalue weighted by atomic mass is 35.5.